The predicted octanol–water partition coefficient (Wildman–Crippen LogP) is 6.28. The topological polar surface area (TPSA) is 84.3 Å². The first-order valence-electron chi connectivity index (χ1n) is 11.8. The van der Waals surface area contributed by atoms with Gasteiger partial charge in [-0.15, -0.1) is 0 Å². The molecule has 0 atom stereocenters. The highest BCUT2D eigenvalue weighted by Gasteiger charge is 2.28. The summed E-state index contributed by atoms with van der Waals surface area (Å²) in [5.74, 6) is -0.0979. The van der Waals surface area contributed by atoms with Crippen molar-refractivity contribution in [2.75, 3.05) is 18.4 Å². The maximum atomic E-state index is 13.6. The van der Waals surface area contributed by atoms with Gasteiger partial charge in [-0.3, -0.25) is 4.79 Å². The molecule has 0 spiro atoms. The lowest BCUT2D eigenvalue weighted by atomic mass is 9.92. The quantitative estimate of drug-likeness (QED) is 0.289. The van der Waals surface area contributed by atoms with E-state index in [0.717, 1.165) is 15.4 Å². The van der Waals surface area contributed by atoms with Crippen LogP contribution in [0.15, 0.2) is 71.6 Å². The molecule has 1 N–H and O–H groups in total. The molecule has 0 bridgehead atoms. The number of nitrogens with zero attached hydrogens (tertiary/aromatic N) is 3. The number of amides is 1. The van der Waals surface area contributed by atoms with Crippen LogP contribution in [0.5, 0.6) is 0 Å². The molecule has 7 nitrogen and oxygen atoms in total. The van der Waals surface area contributed by atoms with Crippen LogP contribution in [-0.2, 0) is 20.2 Å². The number of sulfonamides is 1. The van der Waals surface area contributed by atoms with E-state index in [0.29, 0.717) is 26.9 Å². The average molecular weight is 560 g/mol. The molecular weight excluding hydrogens is 531 g/mol. The molecule has 10 heteroatoms. The Morgan fingerprint density at radius 1 is 1.00 bits per heavy atom. The summed E-state index contributed by atoms with van der Waals surface area (Å²) in [6, 6.07) is 19.2. The number of nitrogens with one attached hydrogen (secondary N) is 1. The van der Waals surface area contributed by atoms with E-state index >= 15 is 0 Å². The zero-order valence-corrected chi connectivity index (χ0v) is 23.3. The monoisotopic (exact) mass is 558 g/mol. The second kappa shape index (κ2) is 10.5. The third kappa shape index (κ3) is 5.67. The Hall–Kier alpha value is -2.91. The Bertz CT molecular complexity index is 1570. The van der Waals surface area contributed by atoms with Crippen LogP contribution in [0.25, 0.3) is 16.5 Å². The standard InChI is InChI=1S/C27H28Cl2N4O3S/c1-5-32(37(35,36)23-12-8-10-18-9-6-7-11-20(18)23)17-26(34)30-25-16-24(27(2,3)4)31-33(25)19-13-14-21(28)22(29)15-19/h6-16H,5,17H2,1-4H3,(H,30,34). The highest BCUT2D eigenvalue weighted by molar-refractivity contribution is 7.89. The molecule has 0 saturated carbocycles. The molecule has 4 aromatic rings. The number of carbonyl (C=O) groups is 1. The van der Waals surface area contributed by atoms with Gasteiger partial charge in [-0.25, -0.2) is 13.1 Å². The van der Waals surface area contributed by atoms with Gasteiger partial charge in [0.25, 0.3) is 0 Å². The maximum Gasteiger partial charge on any atom is 0.244 e. The van der Waals surface area contributed by atoms with Crippen molar-refractivity contribution in [3.8, 4) is 5.69 Å². The average Bonchev–Trinajstić information content (AvgIpc) is 3.28. The van der Waals surface area contributed by atoms with Crippen LogP contribution >= 0.6 is 23.2 Å². The number of rotatable bonds is 7. The Labute approximate surface area is 227 Å². The number of anilines is 1. The second-order valence-corrected chi connectivity index (χ2v) is 12.4. The third-order valence-electron chi connectivity index (χ3n) is 5.93. The van der Waals surface area contributed by atoms with Gasteiger partial charge >= 0.3 is 0 Å². The largest absolute Gasteiger partial charge is 0.309 e. The lowest BCUT2D eigenvalue weighted by Crippen LogP contribution is -2.38. The molecule has 0 radical (unpaired) electrons. The summed E-state index contributed by atoms with van der Waals surface area (Å²) in [6.45, 7) is 7.49. The van der Waals surface area contributed by atoms with E-state index in [1.165, 1.54) is 0 Å². The highest BCUT2D eigenvalue weighted by Crippen LogP contribution is 2.30. The van der Waals surface area contributed by atoms with Gasteiger partial charge in [-0.05, 0) is 29.7 Å². The van der Waals surface area contributed by atoms with Gasteiger partial charge in [0.2, 0.25) is 15.9 Å². The molecule has 0 unspecified atom stereocenters. The molecule has 1 amide bonds. The van der Waals surface area contributed by atoms with Gasteiger partial charge < -0.3 is 5.32 Å². The highest BCUT2D eigenvalue weighted by atomic mass is 35.5. The molecule has 0 aliphatic heterocycles. The molecule has 0 aliphatic carbocycles. The summed E-state index contributed by atoms with van der Waals surface area (Å²) in [4.78, 5) is 13.3. The normalized spacial score (nSPS) is 12.3. The van der Waals surface area contributed by atoms with Gasteiger partial charge in [-0.2, -0.15) is 9.40 Å². The molecule has 0 saturated heterocycles. The fraction of sp³-hybridized carbons (Fsp3) is 0.259. The van der Waals surface area contributed by atoms with Crippen molar-refractivity contribution in [1.29, 1.82) is 0 Å². The molecule has 1 aromatic heterocycles. The summed E-state index contributed by atoms with van der Waals surface area (Å²) in [5.41, 5.74) is 1.05. The number of aromatic nitrogens is 2. The maximum absolute atomic E-state index is 13.6. The fourth-order valence-electron chi connectivity index (χ4n) is 3.92. The van der Waals surface area contributed by atoms with E-state index < -0.39 is 15.9 Å². The molecular formula is C27H28Cl2N4O3S. The van der Waals surface area contributed by atoms with Crippen molar-refractivity contribution < 1.29 is 13.2 Å². The van der Waals surface area contributed by atoms with Gasteiger partial charge in [0, 0.05) is 23.4 Å². The molecule has 3 aromatic carbocycles. The van der Waals surface area contributed by atoms with Crippen LogP contribution < -0.4 is 5.32 Å². The first-order valence-corrected chi connectivity index (χ1v) is 13.9. The Balaban J connectivity index is 1.65. The summed E-state index contributed by atoms with van der Waals surface area (Å²) in [7, 11) is -3.94. The molecule has 0 aliphatic rings. The molecule has 1 heterocycles. The Morgan fingerprint density at radius 3 is 2.38 bits per heavy atom. The number of hydrogen-bond donors (Lipinski definition) is 1. The SMILES string of the molecule is CCN(CC(=O)Nc1cc(C(C)(C)C)nn1-c1ccc(Cl)c(Cl)c1)S(=O)(=O)c1cccc2ccccc12. The van der Waals surface area contributed by atoms with Gasteiger partial charge in [0.1, 0.15) is 5.82 Å². The van der Waals surface area contributed by atoms with E-state index in [1.54, 1.807) is 60.1 Å². The number of halogens is 2. The lowest BCUT2D eigenvalue weighted by Gasteiger charge is -2.21. The van der Waals surface area contributed by atoms with Crippen LogP contribution in [0.2, 0.25) is 10.0 Å². The minimum absolute atomic E-state index is 0.123. The summed E-state index contributed by atoms with van der Waals surface area (Å²) in [5, 5.41) is 9.68. The number of fused-ring (bicyclic) bond motifs is 1. The van der Waals surface area contributed by atoms with Crippen LogP contribution in [0.4, 0.5) is 5.82 Å². The fourth-order valence-corrected chi connectivity index (χ4v) is 5.83. The van der Waals surface area contributed by atoms with Gasteiger partial charge in [-0.1, -0.05) is 87.3 Å². The number of hydrogen-bond acceptors (Lipinski definition) is 4. The number of likely N-dealkylation sites (N-methyl/N-ethyl adjacent to an activating group) is 1. The van der Waals surface area contributed by atoms with Crippen molar-refractivity contribution in [2.24, 2.45) is 0 Å². The zero-order chi connectivity index (χ0) is 27.0. The van der Waals surface area contributed by atoms with Crippen molar-refractivity contribution in [2.45, 2.75) is 38.0 Å². The van der Waals surface area contributed by atoms with Crippen molar-refractivity contribution in [1.82, 2.24) is 14.1 Å². The summed E-state index contributed by atoms with van der Waals surface area (Å²) in [6.07, 6.45) is 0. The first-order chi connectivity index (χ1) is 17.4. The second-order valence-electron chi connectivity index (χ2n) is 9.63. The van der Waals surface area contributed by atoms with Gasteiger partial charge in [0.05, 0.1) is 32.9 Å². The Morgan fingerprint density at radius 2 is 1.70 bits per heavy atom. The van der Waals surface area contributed by atoms with E-state index in [1.807, 2.05) is 39.0 Å². The minimum atomic E-state index is -3.94. The lowest BCUT2D eigenvalue weighted by molar-refractivity contribution is -0.116. The van der Waals surface area contributed by atoms with Crippen molar-refractivity contribution in [3.05, 3.63) is 82.5 Å². The summed E-state index contributed by atoms with van der Waals surface area (Å²) >= 11 is 12.3. The van der Waals surface area contributed by atoms with Crippen LogP contribution in [0.1, 0.15) is 33.4 Å². The molecule has 37 heavy (non-hydrogen) atoms. The van der Waals surface area contributed by atoms with E-state index in [9.17, 15) is 13.2 Å². The predicted molar refractivity (Wildman–Crippen MR) is 149 cm³/mol. The third-order valence-corrected chi connectivity index (χ3v) is 8.65. The molecule has 194 valence electrons. The summed E-state index contributed by atoms with van der Waals surface area (Å²) < 4.78 is 29.8. The van der Waals surface area contributed by atoms with Crippen molar-refractivity contribution >= 4 is 55.7 Å². The minimum Gasteiger partial charge on any atom is -0.309 e. The zero-order valence-electron chi connectivity index (χ0n) is 21.0. The van der Waals surface area contributed by atoms with Gasteiger partial charge in [0.15, 0.2) is 0 Å². The molecule has 0 fully saturated rings. The van der Waals surface area contributed by atoms with E-state index in [4.69, 9.17) is 23.2 Å². The Kier molecular flexibility index (Phi) is 7.67. The number of benzene rings is 3. The molecule has 4 rings (SSSR count). The number of carbonyl (C=O) groups excluding carboxylic acids is 1. The van der Waals surface area contributed by atoms with Crippen LogP contribution in [-0.4, -0.2) is 41.5 Å². The smallest absolute Gasteiger partial charge is 0.244 e. The van der Waals surface area contributed by atoms with Crippen LogP contribution in [0.3, 0.4) is 0 Å². The van der Waals surface area contributed by atoms with E-state index in [-0.39, 0.29) is 23.4 Å². The van der Waals surface area contributed by atoms with E-state index in [2.05, 4.69) is 10.4 Å². The van der Waals surface area contributed by atoms with Crippen molar-refractivity contribution in [3.63, 3.8) is 0 Å². The van der Waals surface area contributed by atoms with Crippen LogP contribution in [0, 0.1) is 0 Å². The first kappa shape index (κ1) is 27.1.